The van der Waals surface area contributed by atoms with Crippen LogP contribution in [-0.2, 0) is 0 Å². The maximum atomic E-state index is 5.97. The van der Waals surface area contributed by atoms with E-state index in [0.29, 0.717) is 0 Å². The Morgan fingerprint density at radius 1 is 1.04 bits per heavy atom. The molecule has 0 bridgehead atoms. The van der Waals surface area contributed by atoms with Gasteiger partial charge in [-0.1, -0.05) is 18.2 Å². The van der Waals surface area contributed by atoms with E-state index >= 15 is 0 Å². The second-order valence-corrected chi connectivity index (χ2v) is 7.18. The molecule has 2 aromatic heterocycles. The van der Waals surface area contributed by atoms with Crippen LogP contribution < -0.4 is 4.90 Å². The van der Waals surface area contributed by atoms with E-state index in [9.17, 15) is 0 Å². The minimum absolute atomic E-state index is 0.781. The molecule has 1 fully saturated rings. The summed E-state index contributed by atoms with van der Waals surface area (Å²) in [6, 6.07) is 14.6. The third-order valence-electron chi connectivity index (χ3n) is 5.29. The third-order valence-corrected chi connectivity index (χ3v) is 5.29. The van der Waals surface area contributed by atoms with Crippen LogP contribution in [0.15, 0.2) is 46.9 Å². The number of nitrogens with zero attached hydrogens (tertiary/aromatic N) is 3. The van der Waals surface area contributed by atoms with Gasteiger partial charge in [0.2, 0.25) is 0 Å². The molecule has 0 radical (unpaired) electrons. The van der Waals surface area contributed by atoms with E-state index in [0.717, 1.165) is 59.8 Å². The second kappa shape index (κ2) is 5.88. The average Bonchev–Trinajstić information content (AvgIpc) is 3.26. The Labute approximate surface area is 152 Å². The number of nitrogens with one attached hydrogen (secondary N) is 1. The SMILES string of the molecule is Cc1cc(N2CCN(C)CC2)cc2[nH]c(-c3cc4ccccc4o3)nc12. The van der Waals surface area contributed by atoms with Gasteiger partial charge in [-0.05, 0) is 43.8 Å². The zero-order valence-electron chi connectivity index (χ0n) is 15.1. The van der Waals surface area contributed by atoms with Gasteiger partial charge in [-0.25, -0.2) is 4.98 Å². The van der Waals surface area contributed by atoms with Crippen LogP contribution in [0.3, 0.4) is 0 Å². The summed E-state index contributed by atoms with van der Waals surface area (Å²) in [6.07, 6.45) is 0. The van der Waals surface area contributed by atoms with Gasteiger partial charge in [0.25, 0.3) is 0 Å². The number of furan rings is 1. The molecule has 1 aliphatic heterocycles. The van der Waals surface area contributed by atoms with Crippen molar-refractivity contribution in [2.45, 2.75) is 6.92 Å². The summed E-state index contributed by atoms with van der Waals surface area (Å²) in [7, 11) is 2.18. The van der Waals surface area contributed by atoms with Gasteiger partial charge >= 0.3 is 0 Å². The fourth-order valence-corrected chi connectivity index (χ4v) is 3.73. The molecule has 0 atom stereocenters. The van der Waals surface area contributed by atoms with Crippen LogP contribution in [0.2, 0.25) is 0 Å². The Morgan fingerprint density at radius 3 is 2.65 bits per heavy atom. The Kier molecular flexibility index (Phi) is 3.50. The van der Waals surface area contributed by atoms with Crippen molar-refractivity contribution in [3.05, 3.63) is 48.0 Å². The van der Waals surface area contributed by atoms with Crippen molar-refractivity contribution in [2.24, 2.45) is 0 Å². The van der Waals surface area contributed by atoms with Gasteiger partial charge in [-0.15, -0.1) is 0 Å². The van der Waals surface area contributed by atoms with Gasteiger partial charge < -0.3 is 19.2 Å². The molecule has 1 aliphatic rings. The van der Waals surface area contributed by atoms with Gasteiger partial charge in [-0.2, -0.15) is 0 Å². The smallest absolute Gasteiger partial charge is 0.174 e. The molecule has 1 saturated heterocycles. The zero-order chi connectivity index (χ0) is 17.7. The molecule has 2 aromatic carbocycles. The van der Waals surface area contributed by atoms with Crippen LogP contribution in [0.25, 0.3) is 33.6 Å². The molecule has 132 valence electrons. The topological polar surface area (TPSA) is 48.3 Å². The number of H-pyrrole nitrogens is 1. The minimum atomic E-state index is 0.781. The molecule has 5 rings (SSSR count). The maximum absolute atomic E-state index is 5.97. The first kappa shape index (κ1) is 15.5. The summed E-state index contributed by atoms with van der Waals surface area (Å²) in [5.74, 6) is 1.57. The zero-order valence-corrected chi connectivity index (χ0v) is 15.1. The fourth-order valence-electron chi connectivity index (χ4n) is 3.73. The predicted octanol–water partition coefficient (Wildman–Crippen LogP) is 4.04. The van der Waals surface area contributed by atoms with Crippen molar-refractivity contribution in [3.63, 3.8) is 0 Å². The van der Waals surface area contributed by atoms with E-state index in [-0.39, 0.29) is 0 Å². The summed E-state index contributed by atoms with van der Waals surface area (Å²) in [5.41, 5.74) is 5.42. The predicted molar refractivity (Wildman–Crippen MR) is 106 cm³/mol. The Balaban J connectivity index is 1.55. The van der Waals surface area contributed by atoms with E-state index in [1.54, 1.807) is 0 Å². The first-order valence-corrected chi connectivity index (χ1v) is 9.10. The van der Waals surface area contributed by atoms with Crippen LogP contribution in [0, 0.1) is 6.92 Å². The highest BCUT2D eigenvalue weighted by atomic mass is 16.3. The lowest BCUT2D eigenvalue weighted by atomic mass is 10.1. The van der Waals surface area contributed by atoms with E-state index < -0.39 is 0 Å². The van der Waals surface area contributed by atoms with E-state index in [1.807, 2.05) is 24.3 Å². The fraction of sp³-hybridized carbons (Fsp3) is 0.286. The highest BCUT2D eigenvalue weighted by Gasteiger charge is 2.17. The molecule has 0 amide bonds. The number of piperazine rings is 1. The minimum Gasteiger partial charge on any atom is -0.453 e. The van der Waals surface area contributed by atoms with Crippen LogP contribution in [0.1, 0.15) is 5.56 Å². The standard InChI is InChI=1S/C21H22N4O/c1-14-11-16(25-9-7-24(2)8-10-25)13-17-20(14)23-21(22-17)19-12-15-5-3-4-6-18(15)26-19/h3-6,11-13H,7-10H2,1-2H3,(H,22,23). The van der Waals surface area contributed by atoms with E-state index in [1.165, 1.54) is 11.3 Å². The summed E-state index contributed by atoms with van der Waals surface area (Å²) in [6.45, 7) is 6.46. The molecule has 5 nitrogen and oxygen atoms in total. The summed E-state index contributed by atoms with van der Waals surface area (Å²) < 4.78 is 5.97. The summed E-state index contributed by atoms with van der Waals surface area (Å²) in [5, 5.41) is 1.10. The number of para-hydroxylation sites is 1. The number of aryl methyl sites for hydroxylation is 1. The van der Waals surface area contributed by atoms with Crippen LogP contribution in [-0.4, -0.2) is 48.1 Å². The number of imidazole rings is 1. The maximum Gasteiger partial charge on any atom is 0.174 e. The lowest BCUT2D eigenvalue weighted by Gasteiger charge is -2.34. The monoisotopic (exact) mass is 346 g/mol. The normalized spacial score (nSPS) is 16.0. The largest absolute Gasteiger partial charge is 0.453 e. The number of aromatic nitrogens is 2. The average molecular weight is 346 g/mol. The molecule has 3 heterocycles. The molecule has 1 N–H and O–H groups in total. The summed E-state index contributed by atoms with van der Waals surface area (Å²) in [4.78, 5) is 13.1. The highest BCUT2D eigenvalue weighted by molar-refractivity contribution is 5.87. The molecular formula is C21H22N4O. The molecule has 0 spiro atoms. The number of aromatic amines is 1. The lowest BCUT2D eigenvalue weighted by Crippen LogP contribution is -2.44. The number of fused-ring (bicyclic) bond motifs is 2. The van der Waals surface area contributed by atoms with Crippen molar-refractivity contribution in [2.75, 3.05) is 38.1 Å². The summed E-state index contributed by atoms with van der Waals surface area (Å²) >= 11 is 0. The first-order chi connectivity index (χ1) is 12.7. The van der Waals surface area contributed by atoms with Gasteiger partial charge in [0.15, 0.2) is 11.6 Å². The molecule has 0 unspecified atom stereocenters. The number of hydrogen-bond acceptors (Lipinski definition) is 4. The first-order valence-electron chi connectivity index (χ1n) is 9.10. The van der Waals surface area contributed by atoms with Crippen molar-refractivity contribution in [1.29, 1.82) is 0 Å². The third kappa shape index (κ3) is 2.56. The molecule has 26 heavy (non-hydrogen) atoms. The molecule has 0 aliphatic carbocycles. The Bertz CT molecular complexity index is 1050. The number of benzene rings is 2. The van der Waals surface area contributed by atoms with Gasteiger partial charge in [-0.3, -0.25) is 0 Å². The van der Waals surface area contributed by atoms with Crippen LogP contribution >= 0.6 is 0 Å². The number of likely N-dealkylation sites (N-methyl/N-ethyl adjacent to an activating group) is 1. The molecular weight excluding hydrogens is 324 g/mol. The molecule has 4 aromatic rings. The van der Waals surface area contributed by atoms with Gasteiger partial charge in [0, 0.05) is 37.3 Å². The molecule has 5 heteroatoms. The van der Waals surface area contributed by atoms with Crippen LogP contribution in [0.5, 0.6) is 0 Å². The van der Waals surface area contributed by atoms with Gasteiger partial charge in [0.1, 0.15) is 5.58 Å². The van der Waals surface area contributed by atoms with E-state index in [2.05, 4.69) is 47.0 Å². The quantitative estimate of drug-likeness (QED) is 0.595. The Morgan fingerprint density at radius 2 is 1.85 bits per heavy atom. The lowest BCUT2D eigenvalue weighted by molar-refractivity contribution is 0.313. The van der Waals surface area contributed by atoms with E-state index in [4.69, 9.17) is 9.40 Å². The van der Waals surface area contributed by atoms with Crippen LogP contribution in [0.4, 0.5) is 5.69 Å². The molecule has 0 saturated carbocycles. The number of hydrogen-bond donors (Lipinski definition) is 1. The van der Waals surface area contributed by atoms with Crippen molar-refractivity contribution in [3.8, 4) is 11.6 Å². The number of anilines is 1. The van der Waals surface area contributed by atoms with Crippen molar-refractivity contribution < 1.29 is 4.42 Å². The Hall–Kier alpha value is -2.79. The van der Waals surface area contributed by atoms with Gasteiger partial charge in [0.05, 0.1) is 11.0 Å². The number of rotatable bonds is 2. The second-order valence-electron chi connectivity index (χ2n) is 7.18. The van der Waals surface area contributed by atoms with Crippen molar-refractivity contribution in [1.82, 2.24) is 14.9 Å². The highest BCUT2D eigenvalue weighted by Crippen LogP contribution is 2.30. The van der Waals surface area contributed by atoms with Crippen molar-refractivity contribution >= 4 is 27.7 Å².